The van der Waals surface area contributed by atoms with Crippen molar-refractivity contribution >= 4 is 9.84 Å². The number of aromatic nitrogens is 2. The molecule has 2 heterocycles. The van der Waals surface area contributed by atoms with E-state index in [4.69, 9.17) is 4.52 Å². The molecule has 2 rings (SSSR count). The lowest BCUT2D eigenvalue weighted by Crippen LogP contribution is -2.24. The number of hydrogen-bond acceptors (Lipinski definition) is 6. The van der Waals surface area contributed by atoms with Gasteiger partial charge in [0.05, 0.1) is 24.0 Å². The zero-order valence-electron chi connectivity index (χ0n) is 9.66. The van der Waals surface area contributed by atoms with Crippen molar-refractivity contribution in [1.82, 2.24) is 10.1 Å². The molecule has 17 heavy (non-hydrogen) atoms. The van der Waals surface area contributed by atoms with E-state index in [9.17, 15) is 13.5 Å². The summed E-state index contributed by atoms with van der Waals surface area (Å²) >= 11 is 0. The first-order valence-electron chi connectivity index (χ1n) is 5.67. The predicted molar refractivity (Wildman–Crippen MR) is 60.3 cm³/mol. The van der Waals surface area contributed by atoms with Crippen molar-refractivity contribution in [2.75, 3.05) is 11.5 Å². The Balaban J connectivity index is 2.09. The summed E-state index contributed by atoms with van der Waals surface area (Å²) < 4.78 is 28.0. The highest BCUT2D eigenvalue weighted by molar-refractivity contribution is 7.91. The maximum Gasteiger partial charge on any atom is 0.229 e. The summed E-state index contributed by atoms with van der Waals surface area (Å²) in [5.41, 5.74) is 0. The van der Waals surface area contributed by atoms with Gasteiger partial charge >= 0.3 is 0 Å². The van der Waals surface area contributed by atoms with E-state index in [-0.39, 0.29) is 17.4 Å². The topological polar surface area (TPSA) is 93.3 Å². The Labute approximate surface area is 99.9 Å². The van der Waals surface area contributed by atoms with E-state index in [0.717, 1.165) is 6.42 Å². The minimum atomic E-state index is -2.96. The van der Waals surface area contributed by atoms with Crippen LogP contribution in [0.1, 0.15) is 37.4 Å². The first-order valence-corrected chi connectivity index (χ1v) is 7.49. The van der Waals surface area contributed by atoms with Gasteiger partial charge in [-0.1, -0.05) is 5.16 Å². The first-order chi connectivity index (χ1) is 7.96. The van der Waals surface area contributed by atoms with Gasteiger partial charge in [0.15, 0.2) is 15.7 Å². The second-order valence-electron chi connectivity index (χ2n) is 4.55. The Kier molecular flexibility index (Phi) is 3.48. The Morgan fingerprint density at radius 2 is 2.35 bits per heavy atom. The van der Waals surface area contributed by atoms with Gasteiger partial charge in [-0.2, -0.15) is 4.98 Å². The van der Waals surface area contributed by atoms with Crippen LogP contribution in [0.3, 0.4) is 0 Å². The van der Waals surface area contributed by atoms with E-state index >= 15 is 0 Å². The Morgan fingerprint density at radius 1 is 1.59 bits per heavy atom. The molecule has 2 unspecified atom stereocenters. The van der Waals surface area contributed by atoms with Crippen molar-refractivity contribution in [1.29, 1.82) is 0 Å². The zero-order valence-corrected chi connectivity index (χ0v) is 10.5. The number of aliphatic hydroxyl groups excluding tert-OH is 1. The lowest BCUT2D eigenvalue weighted by molar-refractivity contribution is 0.181. The molecule has 1 aliphatic heterocycles. The number of sulfone groups is 1. The van der Waals surface area contributed by atoms with E-state index < -0.39 is 15.9 Å². The van der Waals surface area contributed by atoms with Crippen molar-refractivity contribution in [3.05, 3.63) is 11.7 Å². The second kappa shape index (κ2) is 4.73. The maximum absolute atomic E-state index is 11.5. The van der Waals surface area contributed by atoms with Crippen LogP contribution in [0.2, 0.25) is 0 Å². The molecule has 0 saturated carbocycles. The molecule has 1 aromatic heterocycles. The van der Waals surface area contributed by atoms with E-state index in [2.05, 4.69) is 10.1 Å². The minimum absolute atomic E-state index is 0.0979. The fraction of sp³-hybridized carbons (Fsp3) is 0.800. The molecule has 0 aliphatic carbocycles. The van der Waals surface area contributed by atoms with Crippen molar-refractivity contribution in [2.45, 2.75) is 38.2 Å². The highest BCUT2D eigenvalue weighted by Crippen LogP contribution is 2.26. The number of nitrogens with zero attached hydrogens (tertiary/aromatic N) is 2. The van der Waals surface area contributed by atoms with Gasteiger partial charge in [-0.25, -0.2) is 8.42 Å². The number of aliphatic hydroxyl groups is 1. The zero-order chi connectivity index (χ0) is 12.5. The third-order valence-electron chi connectivity index (χ3n) is 2.78. The molecule has 1 fully saturated rings. The quantitative estimate of drug-likeness (QED) is 0.839. The van der Waals surface area contributed by atoms with Crippen LogP contribution in [-0.4, -0.2) is 41.3 Å². The van der Waals surface area contributed by atoms with Crippen molar-refractivity contribution in [3.8, 4) is 0 Å². The predicted octanol–water partition coefficient (Wildman–Crippen LogP) is 0.285. The normalized spacial score (nSPS) is 25.6. The molecular formula is C10H16N2O4S. The third-order valence-corrected chi connectivity index (χ3v) is 4.60. The summed E-state index contributed by atoms with van der Waals surface area (Å²) in [7, 11) is -2.96. The third kappa shape index (κ3) is 3.26. The highest BCUT2D eigenvalue weighted by atomic mass is 32.2. The monoisotopic (exact) mass is 260 g/mol. The average molecular weight is 260 g/mol. The second-order valence-corrected chi connectivity index (χ2v) is 6.78. The molecule has 0 aromatic carbocycles. The van der Waals surface area contributed by atoms with Gasteiger partial charge in [-0.15, -0.1) is 0 Å². The van der Waals surface area contributed by atoms with Gasteiger partial charge in [0.1, 0.15) is 0 Å². The van der Waals surface area contributed by atoms with Crippen molar-refractivity contribution in [2.24, 2.45) is 0 Å². The summed E-state index contributed by atoms with van der Waals surface area (Å²) in [5.74, 6) is 0.991. The SMILES string of the molecule is CC(O)Cc1nc(C2CCCS(=O)(=O)C2)no1. The fourth-order valence-electron chi connectivity index (χ4n) is 2.00. The molecule has 1 N–H and O–H groups in total. The van der Waals surface area contributed by atoms with E-state index in [1.54, 1.807) is 6.92 Å². The van der Waals surface area contributed by atoms with Gasteiger partial charge in [0.2, 0.25) is 5.89 Å². The molecule has 1 aromatic rings. The van der Waals surface area contributed by atoms with E-state index in [1.165, 1.54) is 0 Å². The Bertz CT molecular complexity index is 480. The van der Waals surface area contributed by atoms with Crippen LogP contribution >= 0.6 is 0 Å². The van der Waals surface area contributed by atoms with Gasteiger partial charge in [0, 0.05) is 5.92 Å². The first kappa shape index (κ1) is 12.5. The molecule has 2 atom stereocenters. The van der Waals surface area contributed by atoms with Crippen LogP contribution < -0.4 is 0 Å². The summed E-state index contributed by atoms with van der Waals surface area (Å²) in [4.78, 5) is 4.14. The molecule has 7 heteroatoms. The Morgan fingerprint density at radius 3 is 3.00 bits per heavy atom. The van der Waals surface area contributed by atoms with Gasteiger partial charge < -0.3 is 9.63 Å². The molecule has 0 amide bonds. The van der Waals surface area contributed by atoms with Crippen molar-refractivity contribution < 1.29 is 18.0 Å². The van der Waals surface area contributed by atoms with Crippen LogP contribution in [0.4, 0.5) is 0 Å². The molecule has 6 nitrogen and oxygen atoms in total. The molecule has 0 bridgehead atoms. The van der Waals surface area contributed by atoms with Gasteiger partial charge in [0.25, 0.3) is 0 Å². The standard InChI is InChI=1S/C10H16N2O4S/c1-7(13)5-9-11-10(12-16-9)8-3-2-4-17(14,15)6-8/h7-8,13H,2-6H2,1H3. The average Bonchev–Trinajstić information content (AvgIpc) is 2.63. The largest absolute Gasteiger partial charge is 0.393 e. The number of hydrogen-bond donors (Lipinski definition) is 1. The lowest BCUT2D eigenvalue weighted by Gasteiger charge is -2.18. The summed E-state index contributed by atoms with van der Waals surface area (Å²) in [6.45, 7) is 1.63. The summed E-state index contributed by atoms with van der Waals surface area (Å²) in [6, 6.07) is 0. The lowest BCUT2D eigenvalue weighted by atomic mass is 10.1. The van der Waals surface area contributed by atoms with E-state index in [1.807, 2.05) is 0 Å². The van der Waals surface area contributed by atoms with Crippen LogP contribution in [0, 0.1) is 0 Å². The molecule has 96 valence electrons. The molecular weight excluding hydrogens is 244 g/mol. The van der Waals surface area contributed by atoms with E-state index in [0.29, 0.717) is 24.6 Å². The van der Waals surface area contributed by atoms with Crippen LogP contribution in [0.25, 0.3) is 0 Å². The van der Waals surface area contributed by atoms with Gasteiger partial charge in [-0.3, -0.25) is 0 Å². The fourth-order valence-corrected chi connectivity index (χ4v) is 3.70. The minimum Gasteiger partial charge on any atom is -0.393 e. The van der Waals surface area contributed by atoms with Crippen LogP contribution in [-0.2, 0) is 16.3 Å². The summed E-state index contributed by atoms with van der Waals surface area (Å²) in [5, 5.41) is 13.0. The maximum atomic E-state index is 11.5. The molecule has 1 saturated heterocycles. The highest BCUT2D eigenvalue weighted by Gasteiger charge is 2.29. The molecule has 1 aliphatic rings. The smallest absolute Gasteiger partial charge is 0.229 e. The van der Waals surface area contributed by atoms with Gasteiger partial charge in [-0.05, 0) is 19.8 Å². The van der Waals surface area contributed by atoms with Crippen molar-refractivity contribution in [3.63, 3.8) is 0 Å². The van der Waals surface area contributed by atoms with Crippen LogP contribution in [0.5, 0.6) is 0 Å². The Hall–Kier alpha value is -0.950. The van der Waals surface area contributed by atoms with Crippen LogP contribution in [0.15, 0.2) is 4.52 Å². The molecule has 0 spiro atoms. The number of rotatable bonds is 3. The summed E-state index contributed by atoms with van der Waals surface area (Å²) in [6.07, 6.45) is 1.17. The molecule has 0 radical (unpaired) electrons.